The normalized spacial score (nSPS) is 21.7. The molecule has 1 aliphatic rings. The van der Waals surface area contributed by atoms with Crippen LogP contribution in [0.4, 0.5) is 4.39 Å². The quantitative estimate of drug-likeness (QED) is 0.849. The number of nitrogens with zero attached hydrogens (tertiary/aromatic N) is 1. The van der Waals surface area contributed by atoms with Gasteiger partial charge in [-0.15, -0.1) is 0 Å². The summed E-state index contributed by atoms with van der Waals surface area (Å²) >= 11 is 0. The Balaban J connectivity index is 1.86. The summed E-state index contributed by atoms with van der Waals surface area (Å²) < 4.78 is 13.3. The molecule has 1 N–H and O–H groups in total. The van der Waals surface area contributed by atoms with Crippen LogP contribution in [0.15, 0.2) is 24.3 Å². The molecule has 2 rings (SSSR count). The lowest BCUT2D eigenvalue weighted by Crippen LogP contribution is -2.27. The molecule has 1 aromatic carbocycles. The molecule has 2 atom stereocenters. The van der Waals surface area contributed by atoms with Gasteiger partial charge in [0.25, 0.3) is 0 Å². The summed E-state index contributed by atoms with van der Waals surface area (Å²) in [6, 6.07) is 7.18. The summed E-state index contributed by atoms with van der Waals surface area (Å²) in [5.74, 6) is 0.729. The molecule has 0 amide bonds. The highest BCUT2D eigenvalue weighted by atomic mass is 19.1. The number of hydrogen-bond donors (Lipinski definition) is 1. The van der Waals surface area contributed by atoms with Crippen molar-refractivity contribution in [3.8, 4) is 0 Å². The van der Waals surface area contributed by atoms with E-state index in [1.54, 1.807) is 12.1 Å². The molecule has 1 fully saturated rings. The number of benzene rings is 1. The van der Waals surface area contributed by atoms with Crippen LogP contribution in [0.25, 0.3) is 0 Å². The Morgan fingerprint density at radius 3 is 2.95 bits per heavy atom. The molecule has 0 bridgehead atoms. The van der Waals surface area contributed by atoms with Gasteiger partial charge in [0.1, 0.15) is 5.82 Å². The van der Waals surface area contributed by atoms with Crippen LogP contribution in [0, 0.1) is 11.7 Å². The highest BCUT2D eigenvalue weighted by Gasteiger charge is 2.21. The maximum atomic E-state index is 13.3. The minimum Gasteiger partial charge on any atom is -0.313 e. The number of nitrogens with one attached hydrogen (secondary N) is 1. The highest BCUT2D eigenvalue weighted by Crippen LogP contribution is 2.22. The Kier molecular flexibility index (Phi) is 5.34. The fraction of sp³-hybridized carbons (Fsp3) is 0.625. The molecule has 1 saturated heterocycles. The van der Waals surface area contributed by atoms with E-state index in [0.717, 1.165) is 24.4 Å². The Hall–Kier alpha value is -0.930. The lowest BCUT2D eigenvalue weighted by Gasteiger charge is -2.21. The van der Waals surface area contributed by atoms with Gasteiger partial charge in [0.15, 0.2) is 0 Å². The van der Waals surface area contributed by atoms with Gasteiger partial charge < -0.3 is 10.2 Å². The van der Waals surface area contributed by atoms with Crippen molar-refractivity contribution in [1.82, 2.24) is 10.2 Å². The SMILES string of the molecule is CCC1CCN(CCC(NC)c2cccc(F)c2)C1. The van der Waals surface area contributed by atoms with Gasteiger partial charge in [0.2, 0.25) is 0 Å². The highest BCUT2D eigenvalue weighted by molar-refractivity contribution is 5.20. The van der Waals surface area contributed by atoms with Crippen molar-refractivity contribution in [2.24, 2.45) is 5.92 Å². The molecule has 0 saturated carbocycles. The molecule has 3 heteroatoms. The van der Waals surface area contributed by atoms with Crippen LogP contribution in [-0.2, 0) is 0 Å². The molecule has 2 nitrogen and oxygen atoms in total. The Labute approximate surface area is 116 Å². The van der Waals surface area contributed by atoms with Crippen LogP contribution in [0.2, 0.25) is 0 Å². The van der Waals surface area contributed by atoms with Crippen LogP contribution < -0.4 is 5.32 Å². The molecule has 106 valence electrons. The van der Waals surface area contributed by atoms with Gasteiger partial charge in [0, 0.05) is 12.6 Å². The predicted molar refractivity (Wildman–Crippen MR) is 77.7 cm³/mol. The van der Waals surface area contributed by atoms with Crippen LogP contribution >= 0.6 is 0 Å². The maximum Gasteiger partial charge on any atom is 0.123 e. The first-order valence-corrected chi connectivity index (χ1v) is 7.38. The van der Waals surface area contributed by atoms with E-state index in [-0.39, 0.29) is 11.9 Å². The first-order valence-electron chi connectivity index (χ1n) is 7.38. The lowest BCUT2D eigenvalue weighted by molar-refractivity contribution is 0.301. The van der Waals surface area contributed by atoms with E-state index in [1.807, 2.05) is 13.1 Å². The molecule has 19 heavy (non-hydrogen) atoms. The minimum absolute atomic E-state index is 0.148. The van der Waals surface area contributed by atoms with E-state index in [2.05, 4.69) is 17.1 Å². The molecule has 1 heterocycles. The fourth-order valence-electron chi connectivity index (χ4n) is 2.96. The van der Waals surface area contributed by atoms with Gasteiger partial charge in [-0.05, 0) is 56.6 Å². The van der Waals surface area contributed by atoms with Crippen molar-refractivity contribution in [2.45, 2.75) is 32.2 Å². The average molecular weight is 264 g/mol. The number of halogens is 1. The van der Waals surface area contributed by atoms with Crippen molar-refractivity contribution in [3.63, 3.8) is 0 Å². The third kappa shape index (κ3) is 4.02. The maximum absolute atomic E-state index is 13.3. The lowest BCUT2D eigenvalue weighted by atomic mass is 10.0. The van der Waals surface area contributed by atoms with Crippen LogP contribution in [0.3, 0.4) is 0 Å². The van der Waals surface area contributed by atoms with Gasteiger partial charge in [0.05, 0.1) is 0 Å². The summed E-state index contributed by atoms with van der Waals surface area (Å²) in [5, 5.41) is 3.30. The van der Waals surface area contributed by atoms with E-state index >= 15 is 0 Å². The van der Waals surface area contributed by atoms with Crippen LogP contribution in [0.1, 0.15) is 37.8 Å². The largest absolute Gasteiger partial charge is 0.313 e. The zero-order valence-electron chi connectivity index (χ0n) is 12.0. The summed E-state index contributed by atoms with van der Waals surface area (Å²) in [6.07, 6.45) is 3.66. The molecule has 0 aromatic heterocycles. The molecule has 1 aromatic rings. The van der Waals surface area contributed by atoms with Crippen molar-refractivity contribution < 1.29 is 4.39 Å². The number of hydrogen-bond acceptors (Lipinski definition) is 2. The third-order valence-electron chi connectivity index (χ3n) is 4.28. The molecule has 0 radical (unpaired) electrons. The first kappa shape index (κ1) is 14.5. The topological polar surface area (TPSA) is 15.3 Å². The van der Waals surface area contributed by atoms with Gasteiger partial charge in [-0.25, -0.2) is 4.39 Å². The Morgan fingerprint density at radius 2 is 2.32 bits per heavy atom. The first-order chi connectivity index (χ1) is 9.22. The Morgan fingerprint density at radius 1 is 1.47 bits per heavy atom. The molecule has 0 spiro atoms. The van der Waals surface area contributed by atoms with Gasteiger partial charge in [-0.1, -0.05) is 25.5 Å². The van der Waals surface area contributed by atoms with E-state index in [0.29, 0.717) is 0 Å². The summed E-state index contributed by atoms with van der Waals surface area (Å²) in [7, 11) is 1.95. The monoisotopic (exact) mass is 264 g/mol. The second-order valence-electron chi connectivity index (χ2n) is 5.55. The molecular formula is C16H25FN2. The molecular weight excluding hydrogens is 239 g/mol. The third-order valence-corrected chi connectivity index (χ3v) is 4.28. The van der Waals surface area contributed by atoms with Gasteiger partial charge >= 0.3 is 0 Å². The van der Waals surface area contributed by atoms with Crippen molar-refractivity contribution in [2.75, 3.05) is 26.7 Å². The zero-order valence-corrected chi connectivity index (χ0v) is 12.0. The molecule has 2 unspecified atom stereocenters. The fourth-order valence-corrected chi connectivity index (χ4v) is 2.96. The van der Waals surface area contributed by atoms with E-state index < -0.39 is 0 Å². The summed E-state index contributed by atoms with van der Waals surface area (Å²) in [5.41, 5.74) is 1.05. The van der Waals surface area contributed by atoms with Crippen LogP contribution in [0.5, 0.6) is 0 Å². The zero-order chi connectivity index (χ0) is 13.7. The van der Waals surface area contributed by atoms with Crippen molar-refractivity contribution >= 4 is 0 Å². The van der Waals surface area contributed by atoms with Crippen molar-refractivity contribution in [1.29, 1.82) is 0 Å². The molecule has 0 aliphatic carbocycles. The second-order valence-corrected chi connectivity index (χ2v) is 5.55. The predicted octanol–water partition coefficient (Wildman–Crippen LogP) is 3.21. The van der Waals surface area contributed by atoms with Crippen molar-refractivity contribution in [3.05, 3.63) is 35.6 Å². The second kappa shape index (κ2) is 7.01. The summed E-state index contributed by atoms with van der Waals surface area (Å²) in [4.78, 5) is 2.54. The van der Waals surface area contributed by atoms with Gasteiger partial charge in [-0.2, -0.15) is 0 Å². The summed E-state index contributed by atoms with van der Waals surface area (Å²) in [6.45, 7) is 5.82. The Bertz CT molecular complexity index is 394. The molecule has 1 aliphatic heterocycles. The van der Waals surface area contributed by atoms with E-state index in [4.69, 9.17) is 0 Å². The van der Waals surface area contributed by atoms with E-state index in [9.17, 15) is 4.39 Å². The standard InChI is InChI=1S/C16H25FN2/c1-3-13-7-9-19(12-13)10-8-16(18-2)14-5-4-6-15(17)11-14/h4-6,11,13,16,18H,3,7-10,12H2,1-2H3. The minimum atomic E-state index is -0.148. The average Bonchev–Trinajstić information content (AvgIpc) is 2.87. The van der Waals surface area contributed by atoms with Crippen LogP contribution in [-0.4, -0.2) is 31.6 Å². The number of rotatable bonds is 6. The van der Waals surface area contributed by atoms with Gasteiger partial charge in [-0.3, -0.25) is 0 Å². The van der Waals surface area contributed by atoms with E-state index in [1.165, 1.54) is 32.0 Å². The number of likely N-dealkylation sites (tertiary alicyclic amines) is 1. The smallest absolute Gasteiger partial charge is 0.123 e.